The quantitative estimate of drug-likeness (QED) is 0.845. The van der Waals surface area contributed by atoms with Gasteiger partial charge in [0, 0.05) is 5.56 Å². The van der Waals surface area contributed by atoms with Gasteiger partial charge in [0.25, 0.3) is 5.91 Å². The summed E-state index contributed by atoms with van der Waals surface area (Å²) < 4.78 is 38.2. The van der Waals surface area contributed by atoms with Crippen LogP contribution in [-0.2, 0) is 6.18 Å². The van der Waals surface area contributed by atoms with E-state index in [0.29, 0.717) is 5.56 Å². The van der Waals surface area contributed by atoms with Crippen molar-refractivity contribution in [2.24, 2.45) is 0 Å². The number of alkyl halides is 3. The van der Waals surface area contributed by atoms with Crippen molar-refractivity contribution in [1.29, 1.82) is 0 Å². The zero-order valence-electron chi connectivity index (χ0n) is 10.2. The minimum atomic E-state index is -4.49. The number of para-hydroxylation sites is 1. The Kier molecular flexibility index (Phi) is 3.93. The first-order valence-electron chi connectivity index (χ1n) is 5.76. The summed E-state index contributed by atoms with van der Waals surface area (Å²) in [6.45, 7) is 0. The number of benzene rings is 2. The molecule has 0 fully saturated rings. The molecule has 0 spiro atoms. The summed E-state index contributed by atoms with van der Waals surface area (Å²) in [6, 6.07) is 13.1. The Bertz CT molecular complexity index is 597. The second-order valence-corrected chi connectivity index (χ2v) is 3.99. The summed E-state index contributed by atoms with van der Waals surface area (Å²) in [5, 5.41) is 0. The summed E-state index contributed by atoms with van der Waals surface area (Å²) in [5.74, 6) is -0.512. The molecule has 0 atom stereocenters. The number of hydrogen-bond donors (Lipinski definition) is 2. The van der Waals surface area contributed by atoms with E-state index in [1.807, 2.05) is 0 Å². The van der Waals surface area contributed by atoms with E-state index in [4.69, 9.17) is 0 Å². The zero-order valence-corrected chi connectivity index (χ0v) is 10.2. The van der Waals surface area contributed by atoms with Gasteiger partial charge in [-0.15, -0.1) is 0 Å². The fourth-order valence-corrected chi connectivity index (χ4v) is 1.63. The van der Waals surface area contributed by atoms with Crippen LogP contribution in [-0.4, -0.2) is 5.91 Å². The Hall–Kier alpha value is -2.50. The standard InChI is InChI=1S/C14H11F3N2O/c15-14(16,17)11-8-4-5-9-12(11)18-19-13(20)10-6-2-1-3-7-10/h1-9,18H,(H,19,20). The Morgan fingerprint density at radius 3 is 2.15 bits per heavy atom. The smallest absolute Gasteiger partial charge is 0.298 e. The summed E-state index contributed by atoms with van der Waals surface area (Å²) in [4.78, 5) is 11.7. The van der Waals surface area contributed by atoms with Gasteiger partial charge in [-0.05, 0) is 24.3 Å². The average Bonchev–Trinajstić information content (AvgIpc) is 2.45. The topological polar surface area (TPSA) is 41.1 Å². The first-order chi connectivity index (χ1) is 9.48. The number of hydrazine groups is 1. The zero-order chi connectivity index (χ0) is 14.6. The average molecular weight is 280 g/mol. The van der Waals surface area contributed by atoms with Gasteiger partial charge in [-0.25, -0.2) is 0 Å². The van der Waals surface area contributed by atoms with Crippen LogP contribution >= 0.6 is 0 Å². The number of nitrogens with one attached hydrogen (secondary N) is 2. The molecule has 2 aromatic carbocycles. The molecule has 2 aromatic rings. The second kappa shape index (κ2) is 5.64. The predicted molar refractivity (Wildman–Crippen MR) is 69.0 cm³/mol. The minimum Gasteiger partial charge on any atom is -0.298 e. The Balaban J connectivity index is 2.11. The number of carbonyl (C=O) groups excluding carboxylic acids is 1. The highest BCUT2D eigenvalue weighted by Crippen LogP contribution is 2.34. The fraction of sp³-hybridized carbons (Fsp3) is 0.0714. The molecule has 3 nitrogen and oxygen atoms in total. The lowest BCUT2D eigenvalue weighted by Gasteiger charge is -2.14. The number of rotatable bonds is 3. The van der Waals surface area contributed by atoms with Crippen LogP contribution < -0.4 is 10.9 Å². The third kappa shape index (κ3) is 3.28. The van der Waals surface area contributed by atoms with E-state index in [9.17, 15) is 18.0 Å². The molecule has 0 radical (unpaired) electrons. The lowest BCUT2D eigenvalue weighted by Crippen LogP contribution is -2.30. The second-order valence-electron chi connectivity index (χ2n) is 3.99. The first-order valence-corrected chi connectivity index (χ1v) is 5.76. The molecule has 104 valence electrons. The molecule has 6 heteroatoms. The Labute approximate surface area is 113 Å². The van der Waals surface area contributed by atoms with Gasteiger partial charge in [-0.1, -0.05) is 30.3 Å². The minimum absolute atomic E-state index is 0.204. The highest BCUT2D eigenvalue weighted by molar-refractivity contribution is 5.94. The molecule has 0 saturated carbocycles. The van der Waals surface area contributed by atoms with Crippen molar-refractivity contribution in [3.05, 3.63) is 65.7 Å². The number of halogens is 3. The van der Waals surface area contributed by atoms with E-state index in [1.54, 1.807) is 30.3 Å². The van der Waals surface area contributed by atoms with Crippen molar-refractivity contribution >= 4 is 11.6 Å². The van der Waals surface area contributed by atoms with E-state index in [1.165, 1.54) is 18.2 Å². The third-order valence-corrected chi connectivity index (χ3v) is 2.58. The molecule has 0 heterocycles. The fourth-order valence-electron chi connectivity index (χ4n) is 1.63. The molecule has 0 aliphatic carbocycles. The van der Waals surface area contributed by atoms with Gasteiger partial charge in [0.15, 0.2) is 0 Å². The predicted octanol–water partition coefficient (Wildman–Crippen LogP) is 3.46. The van der Waals surface area contributed by atoms with Crippen molar-refractivity contribution < 1.29 is 18.0 Å². The van der Waals surface area contributed by atoms with Crippen molar-refractivity contribution in [3.63, 3.8) is 0 Å². The van der Waals surface area contributed by atoms with Crippen molar-refractivity contribution in [2.45, 2.75) is 6.18 Å². The van der Waals surface area contributed by atoms with Crippen LogP contribution in [0.15, 0.2) is 54.6 Å². The molecule has 0 saturated heterocycles. The number of hydrogen-bond acceptors (Lipinski definition) is 2. The normalized spacial score (nSPS) is 10.9. The third-order valence-electron chi connectivity index (χ3n) is 2.58. The van der Waals surface area contributed by atoms with Crippen LogP contribution in [0.3, 0.4) is 0 Å². The molecule has 2 rings (SSSR count). The lowest BCUT2D eigenvalue weighted by molar-refractivity contribution is -0.137. The Morgan fingerprint density at radius 2 is 1.50 bits per heavy atom. The van der Waals surface area contributed by atoms with Crippen LogP contribution in [0, 0.1) is 0 Å². The number of carbonyl (C=O) groups is 1. The van der Waals surface area contributed by atoms with Crippen molar-refractivity contribution in [1.82, 2.24) is 5.43 Å². The van der Waals surface area contributed by atoms with Gasteiger partial charge >= 0.3 is 6.18 Å². The van der Waals surface area contributed by atoms with Crippen LogP contribution in [0.2, 0.25) is 0 Å². The van der Waals surface area contributed by atoms with Gasteiger partial charge in [0.05, 0.1) is 11.3 Å². The van der Waals surface area contributed by atoms with Crippen molar-refractivity contribution in [2.75, 3.05) is 5.43 Å². The van der Waals surface area contributed by atoms with Crippen LogP contribution in [0.1, 0.15) is 15.9 Å². The lowest BCUT2D eigenvalue weighted by atomic mass is 10.2. The molecule has 0 unspecified atom stereocenters. The highest BCUT2D eigenvalue weighted by Gasteiger charge is 2.33. The summed E-state index contributed by atoms with van der Waals surface area (Å²) in [6.07, 6.45) is -4.49. The molecule has 0 aliphatic heterocycles. The number of amides is 1. The van der Waals surface area contributed by atoms with Gasteiger partial charge in [0.1, 0.15) is 0 Å². The maximum absolute atomic E-state index is 12.7. The van der Waals surface area contributed by atoms with Gasteiger partial charge in [-0.3, -0.25) is 15.6 Å². The molecular formula is C14H11F3N2O. The SMILES string of the molecule is O=C(NNc1ccccc1C(F)(F)F)c1ccccc1. The van der Waals surface area contributed by atoms with Gasteiger partial charge in [0.2, 0.25) is 0 Å². The van der Waals surface area contributed by atoms with Crippen LogP contribution in [0.4, 0.5) is 18.9 Å². The van der Waals surface area contributed by atoms with Gasteiger partial charge < -0.3 is 0 Å². The summed E-state index contributed by atoms with van der Waals surface area (Å²) >= 11 is 0. The van der Waals surface area contributed by atoms with E-state index in [2.05, 4.69) is 10.9 Å². The molecule has 20 heavy (non-hydrogen) atoms. The maximum Gasteiger partial charge on any atom is 0.418 e. The molecule has 0 aliphatic rings. The van der Waals surface area contributed by atoms with E-state index >= 15 is 0 Å². The molecule has 0 bridgehead atoms. The summed E-state index contributed by atoms with van der Waals surface area (Å²) in [5.41, 5.74) is 3.84. The first kappa shape index (κ1) is 13.9. The summed E-state index contributed by atoms with van der Waals surface area (Å²) in [7, 11) is 0. The molecular weight excluding hydrogens is 269 g/mol. The van der Waals surface area contributed by atoms with Gasteiger partial charge in [-0.2, -0.15) is 13.2 Å². The highest BCUT2D eigenvalue weighted by atomic mass is 19.4. The van der Waals surface area contributed by atoms with E-state index < -0.39 is 17.6 Å². The molecule has 0 aromatic heterocycles. The van der Waals surface area contributed by atoms with Crippen LogP contribution in [0.5, 0.6) is 0 Å². The van der Waals surface area contributed by atoms with E-state index in [-0.39, 0.29) is 5.69 Å². The monoisotopic (exact) mass is 280 g/mol. The van der Waals surface area contributed by atoms with Crippen molar-refractivity contribution in [3.8, 4) is 0 Å². The Morgan fingerprint density at radius 1 is 0.900 bits per heavy atom. The van der Waals surface area contributed by atoms with Crippen LogP contribution in [0.25, 0.3) is 0 Å². The van der Waals surface area contributed by atoms with E-state index in [0.717, 1.165) is 6.07 Å². The number of anilines is 1. The maximum atomic E-state index is 12.7. The molecule has 1 amide bonds. The molecule has 2 N–H and O–H groups in total. The largest absolute Gasteiger partial charge is 0.418 e.